The van der Waals surface area contributed by atoms with Crippen LogP contribution in [0.4, 0.5) is 0 Å². The van der Waals surface area contributed by atoms with Gasteiger partial charge in [0.05, 0.1) is 0 Å². The van der Waals surface area contributed by atoms with Gasteiger partial charge in [0.1, 0.15) is 5.75 Å². The van der Waals surface area contributed by atoms with Crippen LogP contribution in [0, 0.1) is 5.92 Å². The van der Waals surface area contributed by atoms with Crippen LogP contribution < -0.4 is 5.73 Å². The van der Waals surface area contributed by atoms with Crippen molar-refractivity contribution in [2.24, 2.45) is 11.7 Å². The number of nitrogens with two attached hydrogens (primary N) is 1. The van der Waals surface area contributed by atoms with Gasteiger partial charge in [0.15, 0.2) is 0 Å². The van der Waals surface area contributed by atoms with Gasteiger partial charge in [0.2, 0.25) is 0 Å². The molecule has 1 saturated carbocycles. The largest absolute Gasteiger partial charge is 0.508 e. The normalized spacial score (nSPS) is 18.6. The van der Waals surface area contributed by atoms with Crippen molar-refractivity contribution >= 4 is 15.9 Å². The van der Waals surface area contributed by atoms with Gasteiger partial charge >= 0.3 is 0 Å². The highest BCUT2D eigenvalue weighted by atomic mass is 79.9. The lowest BCUT2D eigenvalue weighted by molar-refractivity contribution is 0.456. The maximum absolute atomic E-state index is 9.63. The molecule has 0 aromatic heterocycles. The van der Waals surface area contributed by atoms with Gasteiger partial charge in [0, 0.05) is 16.1 Å². The summed E-state index contributed by atoms with van der Waals surface area (Å²) in [6.07, 6.45) is 2.38. The molecule has 1 atom stereocenters. The molecule has 0 heterocycles. The third kappa shape index (κ3) is 1.86. The number of hydrogen-bond acceptors (Lipinski definition) is 2. The number of rotatable bonds is 2. The first-order valence-corrected chi connectivity index (χ1v) is 5.22. The van der Waals surface area contributed by atoms with Gasteiger partial charge in [-0.3, -0.25) is 0 Å². The summed E-state index contributed by atoms with van der Waals surface area (Å²) >= 11 is 3.30. The smallest absolute Gasteiger partial charge is 0.121 e. The van der Waals surface area contributed by atoms with Crippen LogP contribution in [0.2, 0.25) is 0 Å². The highest BCUT2D eigenvalue weighted by molar-refractivity contribution is 9.10. The van der Waals surface area contributed by atoms with E-state index >= 15 is 0 Å². The van der Waals surface area contributed by atoms with Crippen LogP contribution in [0.1, 0.15) is 24.4 Å². The highest BCUT2D eigenvalue weighted by Crippen LogP contribution is 2.42. The van der Waals surface area contributed by atoms with Crippen LogP contribution in [-0.4, -0.2) is 5.11 Å². The minimum atomic E-state index is 0.00750. The third-order valence-electron chi connectivity index (χ3n) is 2.48. The first-order valence-electron chi connectivity index (χ1n) is 4.42. The zero-order valence-corrected chi connectivity index (χ0v) is 8.79. The Hall–Kier alpha value is -0.540. The highest BCUT2D eigenvalue weighted by Gasteiger charge is 2.30. The molecule has 0 radical (unpaired) electrons. The molecule has 1 aliphatic rings. The first-order chi connectivity index (χ1) is 6.18. The van der Waals surface area contributed by atoms with Gasteiger partial charge in [-0.1, -0.05) is 22.0 Å². The van der Waals surface area contributed by atoms with E-state index < -0.39 is 0 Å². The predicted octanol–water partition coefficient (Wildman–Crippen LogP) is 2.56. The van der Waals surface area contributed by atoms with Crippen molar-refractivity contribution in [3.63, 3.8) is 0 Å². The monoisotopic (exact) mass is 241 g/mol. The lowest BCUT2D eigenvalue weighted by Gasteiger charge is -2.12. The average Bonchev–Trinajstić information content (AvgIpc) is 2.85. The molecular weight excluding hydrogens is 230 g/mol. The summed E-state index contributed by atoms with van der Waals surface area (Å²) in [5.41, 5.74) is 6.84. The fraction of sp³-hybridized carbons (Fsp3) is 0.400. The Bertz CT molecular complexity index is 323. The van der Waals surface area contributed by atoms with Crippen LogP contribution in [-0.2, 0) is 0 Å². The molecule has 1 fully saturated rings. The van der Waals surface area contributed by atoms with Gasteiger partial charge in [-0.15, -0.1) is 0 Å². The molecule has 3 heteroatoms. The number of phenols is 1. The molecule has 1 aliphatic carbocycles. The van der Waals surface area contributed by atoms with E-state index in [2.05, 4.69) is 15.9 Å². The minimum Gasteiger partial charge on any atom is -0.508 e. The molecule has 0 spiro atoms. The minimum absolute atomic E-state index is 0.00750. The van der Waals surface area contributed by atoms with Crippen molar-refractivity contribution in [2.75, 3.05) is 0 Å². The second kappa shape index (κ2) is 3.31. The maximum Gasteiger partial charge on any atom is 0.121 e. The number of benzene rings is 1. The standard InChI is InChI=1S/C10H12BrNO/c11-7-3-4-8(9(13)5-7)10(12)6-1-2-6/h3-6,10,13H,1-2,12H2/t10-/m1/s1. The molecular formula is C10H12BrNO. The van der Waals surface area contributed by atoms with E-state index in [-0.39, 0.29) is 6.04 Å². The fourth-order valence-corrected chi connectivity index (χ4v) is 1.86. The van der Waals surface area contributed by atoms with Gasteiger partial charge in [0.25, 0.3) is 0 Å². The zero-order valence-electron chi connectivity index (χ0n) is 7.20. The van der Waals surface area contributed by atoms with Gasteiger partial charge in [-0.05, 0) is 30.9 Å². The Morgan fingerprint density at radius 1 is 1.46 bits per heavy atom. The van der Waals surface area contributed by atoms with Crippen LogP contribution in [0.3, 0.4) is 0 Å². The Balaban J connectivity index is 2.28. The van der Waals surface area contributed by atoms with E-state index in [1.165, 1.54) is 12.8 Å². The molecule has 13 heavy (non-hydrogen) atoms. The molecule has 1 aromatic carbocycles. The molecule has 0 bridgehead atoms. The van der Waals surface area contributed by atoms with Gasteiger partial charge in [-0.2, -0.15) is 0 Å². The topological polar surface area (TPSA) is 46.2 Å². The SMILES string of the molecule is N[C@@H](c1ccc(Br)cc1O)C1CC1. The zero-order chi connectivity index (χ0) is 9.42. The van der Waals surface area contributed by atoms with E-state index in [0.29, 0.717) is 11.7 Å². The number of aromatic hydroxyl groups is 1. The molecule has 0 amide bonds. The number of hydrogen-bond donors (Lipinski definition) is 2. The second-order valence-corrected chi connectivity index (χ2v) is 4.48. The van der Waals surface area contributed by atoms with E-state index in [9.17, 15) is 5.11 Å². The van der Waals surface area contributed by atoms with Gasteiger partial charge < -0.3 is 10.8 Å². The summed E-state index contributed by atoms with van der Waals surface area (Å²) in [5, 5.41) is 9.63. The lowest BCUT2D eigenvalue weighted by Crippen LogP contribution is -2.12. The molecule has 2 rings (SSSR count). The van der Waals surface area contributed by atoms with Crippen LogP contribution >= 0.6 is 15.9 Å². The van der Waals surface area contributed by atoms with Crippen LogP contribution in [0.25, 0.3) is 0 Å². The van der Waals surface area contributed by atoms with Gasteiger partial charge in [-0.25, -0.2) is 0 Å². The lowest BCUT2D eigenvalue weighted by atomic mass is 10.0. The average molecular weight is 242 g/mol. The molecule has 1 aromatic rings. The van der Waals surface area contributed by atoms with Crippen LogP contribution in [0.5, 0.6) is 5.75 Å². The molecule has 0 aliphatic heterocycles. The molecule has 2 nitrogen and oxygen atoms in total. The van der Waals surface area contributed by atoms with Crippen molar-refractivity contribution in [3.05, 3.63) is 28.2 Å². The maximum atomic E-state index is 9.63. The van der Waals surface area contributed by atoms with Crippen LogP contribution in [0.15, 0.2) is 22.7 Å². The molecule has 3 N–H and O–H groups in total. The van der Waals surface area contributed by atoms with E-state index in [4.69, 9.17) is 5.73 Å². The summed E-state index contributed by atoms with van der Waals surface area (Å²) < 4.78 is 0.886. The quantitative estimate of drug-likeness (QED) is 0.837. The summed E-state index contributed by atoms with van der Waals surface area (Å²) in [7, 11) is 0. The Kier molecular flexibility index (Phi) is 2.30. The van der Waals surface area contributed by atoms with Crippen molar-refractivity contribution in [1.29, 1.82) is 0 Å². The Morgan fingerprint density at radius 3 is 2.69 bits per heavy atom. The van der Waals surface area contributed by atoms with E-state index in [0.717, 1.165) is 10.0 Å². The number of phenolic OH excluding ortho intramolecular Hbond substituents is 1. The summed E-state index contributed by atoms with van der Waals surface area (Å²) in [4.78, 5) is 0. The molecule has 70 valence electrons. The molecule has 0 unspecified atom stereocenters. The first kappa shape index (κ1) is 9.03. The van der Waals surface area contributed by atoms with Crippen molar-refractivity contribution in [1.82, 2.24) is 0 Å². The molecule has 0 saturated heterocycles. The number of halogens is 1. The third-order valence-corrected chi connectivity index (χ3v) is 2.97. The Labute approximate surface area is 85.9 Å². The van der Waals surface area contributed by atoms with Crippen molar-refractivity contribution in [3.8, 4) is 5.75 Å². The second-order valence-electron chi connectivity index (χ2n) is 3.57. The summed E-state index contributed by atoms with van der Waals surface area (Å²) in [6.45, 7) is 0. The van der Waals surface area contributed by atoms with E-state index in [1.54, 1.807) is 6.07 Å². The Morgan fingerprint density at radius 2 is 2.15 bits per heavy atom. The van der Waals surface area contributed by atoms with Crippen molar-refractivity contribution in [2.45, 2.75) is 18.9 Å². The summed E-state index contributed by atoms with van der Waals surface area (Å²) in [6, 6.07) is 5.50. The van der Waals surface area contributed by atoms with E-state index in [1.807, 2.05) is 12.1 Å². The summed E-state index contributed by atoms with van der Waals surface area (Å²) in [5.74, 6) is 0.876. The predicted molar refractivity (Wildman–Crippen MR) is 55.5 cm³/mol. The fourth-order valence-electron chi connectivity index (χ4n) is 1.51. The van der Waals surface area contributed by atoms with Crippen molar-refractivity contribution < 1.29 is 5.11 Å².